The predicted molar refractivity (Wildman–Crippen MR) is 118 cm³/mol. The molecule has 0 spiro atoms. The minimum absolute atomic E-state index is 0.00507. The van der Waals surface area contributed by atoms with Crippen molar-refractivity contribution < 1.29 is 5.11 Å². The first-order valence-corrected chi connectivity index (χ1v) is 11.9. The Balaban J connectivity index is 1.66. The van der Waals surface area contributed by atoms with Crippen molar-refractivity contribution in [2.24, 2.45) is 0 Å². The second kappa shape index (κ2) is 9.02. The van der Waals surface area contributed by atoms with Gasteiger partial charge in [0.2, 0.25) is 5.95 Å². The van der Waals surface area contributed by atoms with Crippen LogP contribution in [0.1, 0.15) is 56.6 Å². The maximum Gasteiger partial charge on any atom is 0.255 e. The largest absolute Gasteiger partial charge is 0.393 e. The summed E-state index contributed by atoms with van der Waals surface area (Å²) in [4.78, 5) is 22.4. The number of pyridine rings is 1. The normalized spacial score (nSPS) is 24.5. The molecule has 1 saturated heterocycles. The third-order valence-electron chi connectivity index (χ3n) is 6.23. The number of fused-ring (bicyclic) bond motifs is 1. The quantitative estimate of drug-likeness (QED) is 0.584. The van der Waals surface area contributed by atoms with Crippen LogP contribution in [-0.2, 0) is 0 Å². The molecule has 7 nitrogen and oxygen atoms in total. The highest BCUT2D eigenvalue weighted by atomic mass is 32.2. The van der Waals surface area contributed by atoms with Crippen molar-refractivity contribution in [3.8, 4) is 0 Å². The Morgan fingerprint density at radius 3 is 2.72 bits per heavy atom. The molecule has 2 atom stereocenters. The van der Waals surface area contributed by atoms with Crippen molar-refractivity contribution in [2.45, 2.75) is 70.1 Å². The van der Waals surface area contributed by atoms with Crippen LogP contribution >= 0.6 is 11.9 Å². The molecule has 0 amide bonds. The number of aliphatic hydroxyl groups is 1. The highest BCUT2D eigenvalue weighted by Gasteiger charge is 2.24. The van der Waals surface area contributed by atoms with E-state index in [0.29, 0.717) is 29.6 Å². The number of aryl methyl sites for hydroxylation is 1. The average molecular weight is 418 g/mol. The van der Waals surface area contributed by atoms with E-state index in [1.807, 2.05) is 23.8 Å². The molecule has 2 unspecified atom stereocenters. The van der Waals surface area contributed by atoms with Gasteiger partial charge < -0.3 is 10.4 Å². The molecule has 0 bridgehead atoms. The lowest BCUT2D eigenvalue weighted by molar-refractivity contribution is 0.142. The summed E-state index contributed by atoms with van der Waals surface area (Å²) in [7, 11) is 0. The second-order valence-corrected chi connectivity index (χ2v) is 9.21. The summed E-state index contributed by atoms with van der Waals surface area (Å²) >= 11 is 1.79. The van der Waals surface area contributed by atoms with Gasteiger partial charge in [-0.3, -0.25) is 13.7 Å². The summed E-state index contributed by atoms with van der Waals surface area (Å²) in [6, 6.07) is 2.21. The molecule has 0 aromatic carbocycles. The average Bonchev–Trinajstić information content (AvgIpc) is 2.94. The van der Waals surface area contributed by atoms with Gasteiger partial charge in [0.25, 0.3) is 5.56 Å². The van der Waals surface area contributed by atoms with Crippen molar-refractivity contribution in [3.63, 3.8) is 0 Å². The van der Waals surface area contributed by atoms with E-state index in [-0.39, 0.29) is 17.7 Å². The molecule has 2 N–H and O–H groups in total. The fourth-order valence-corrected chi connectivity index (χ4v) is 5.15. The van der Waals surface area contributed by atoms with E-state index in [2.05, 4.69) is 20.9 Å². The van der Waals surface area contributed by atoms with Crippen LogP contribution in [0, 0.1) is 6.92 Å². The summed E-state index contributed by atoms with van der Waals surface area (Å²) in [5.74, 6) is 0.589. The molecule has 1 aliphatic carbocycles. The summed E-state index contributed by atoms with van der Waals surface area (Å²) in [5.41, 5.74) is 1.37. The standard InChI is InChI=1S/C21H31N5O2S/c1-14-11-15-13-22-21(23-16-7-9-25(29-2)10-8-16)24-19(15)26(20(14)28)17-5-3-4-6-18(27)12-17/h11,13,16-18,27H,3-10,12H2,1-2H3,(H,22,23,24). The van der Waals surface area contributed by atoms with Crippen LogP contribution in [-0.4, -0.2) is 55.4 Å². The van der Waals surface area contributed by atoms with E-state index in [1.54, 1.807) is 11.9 Å². The Morgan fingerprint density at radius 2 is 1.97 bits per heavy atom. The maximum atomic E-state index is 13.1. The van der Waals surface area contributed by atoms with Gasteiger partial charge in [-0.2, -0.15) is 4.98 Å². The first-order chi connectivity index (χ1) is 14.0. The summed E-state index contributed by atoms with van der Waals surface area (Å²) < 4.78 is 4.19. The zero-order chi connectivity index (χ0) is 20.4. The SMILES string of the molecule is CSN1CCC(Nc2ncc3cc(C)c(=O)n(C4CCCCC(O)C4)c3n2)CC1. The van der Waals surface area contributed by atoms with E-state index in [4.69, 9.17) is 4.98 Å². The molecule has 158 valence electrons. The maximum absolute atomic E-state index is 13.1. The Bertz CT molecular complexity index is 910. The van der Waals surface area contributed by atoms with Gasteiger partial charge in [0.1, 0.15) is 5.65 Å². The number of aliphatic hydroxyl groups excluding tert-OH is 1. The molecule has 1 saturated carbocycles. The molecule has 2 aromatic rings. The number of rotatable bonds is 4. The van der Waals surface area contributed by atoms with Crippen molar-refractivity contribution in [1.82, 2.24) is 18.8 Å². The Kier molecular flexibility index (Phi) is 6.41. The molecule has 29 heavy (non-hydrogen) atoms. The van der Waals surface area contributed by atoms with E-state index in [1.165, 1.54) is 0 Å². The smallest absolute Gasteiger partial charge is 0.255 e. The monoisotopic (exact) mass is 417 g/mol. The Morgan fingerprint density at radius 1 is 1.21 bits per heavy atom. The molecule has 2 aliphatic rings. The number of hydrogen-bond acceptors (Lipinski definition) is 7. The molecule has 0 radical (unpaired) electrons. The lowest BCUT2D eigenvalue weighted by atomic mass is 10.1. The van der Waals surface area contributed by atoms with Gasteiger partial charge in [-0.05, 0) is 51.3 Å². The van der Waals surface area contributed by atoms with Crippen molar-refractivity contribution in [3.05, 3.63) is 28.2 Å². The number of hydrogen-bond donors (Lipinski definition) is 2. The molecule has 2 fully saturated rings. The van der Waals surface area contributed by atoms with Gasteiger partial charge in [-0.1, -0.05) is 24.8 Å². The minimum Gasteiger partial charge on any atom is -0.393 e. The zero-order valence-electron chi connectivity index (χ0n) is 17.3. The van der Waals surface area contributed by atoms with Crippen LogP contribution in [0.4, 0.5) is 5.95 Å². The van der Waals surface area contributed by atoms with Gasteiger partial charge in [0.15, 0.2) is 0 Å². The van der Waals surface area contributed by atoms with Crippen LogP contribution in [0.5, 0.6) is 0 Å². The molecule has 8 heteroatoms. The van der Waals surface area contributed by atoms with Crippen LogP contribution < -0.4 is 10.9 Å². The number of anilines is 1. The molecule has 4 rings (SSSR count). The predicted octanol–water partition coefficient (Wildman–Crippen LogP) is 3.12. The number of piperidine rings is 1. The van der Waals surface area contributed by atoms with E-state index in [9.17, 15) is 9.90 Å². The second-order valence-electron chi connectivity index (χ2n) is 8.33. The third-order valence-corrected chi connectivity index (χ3v) is 7.11. The lowest BCUT2D eigenvalue weighted by Crippen LogP contribution is -2.36. The number of aromatic nitrogens is 3. The van der Waals surface area contributed by atoms with Crippen LogP contribution in [0.15, 0.2) is 17.1 Å². The van der Waals surface area contributed by atoms with Gasteiger partial charge in [0.05, 0.1) is 6.10 Å². The molecular formula is C21H31N5O2S. The summed E-state index contributed by atoms with van der Waals surface area (Å²) in [6.07, 6.45) is 10.0. The van der Waals surface area contributed by atoms with Gasteiger partial charge in [-0.25, -0.2) is 4.98 Å². The lowest BCUT2D eigenvalue weighted by Gasteiger charge is -2.30. The van der Waals surface area contributed by atoms with Crippen molar-refractivity contribution in [2.75, 3.05) is 24.7 Å². The van der Waals surface area contributed by atoms with E-state index in [0.717, 1.165) is 57.0 Å². The fourth-order valence-electron chi connectivity index (χ4n) is 4.58. The van der Waals surface area contributed by atoms with Gasteiger partial charge in [0, 0.05) is 42.3 Å². The molecule has 2 aromatic heterocycles. The zero-order valence-corrected chi connectivity index (χ0v) is 18.1. The number of nitrogens with one attached hydrogen (secondary N) is 1. The minimum atomic E-state index is -0.356. The van der Waals surface area contributed by atoms with Crippen molar-refractivity contribution in [1.29, 1.82) is 0 Å². The number of nitrogens with zero attached hydrogens (tertiary/aromatic N) is 4. The van der Waals surface area contributed by atoms with E-state index < -0.39 is 0 Å². The summed E-state index contributed by atoms with van der Waals surface area (Å²) in [5, 5.41) is 14.7. The van der Waals surface area contributed by atoms with Crippen LogP contribution in [0.25, 0.3) is 11.0 Å². The Hall–Kier alpha value is -1.64. The van der Waals surface area contributed by atoms with Crippen LogP contribution in [0.2, 0.25) is 0 Å². The molecule has 3 heterocycles. The highest BCUT2D eigenvalue weighted by molar-refractivity contribution is 7.96. The molecular weight excluding hydrogens is 386 g/mol. The first kappa shape index (κ1) is 20.6. The van der Waals surface area contributed by atoms with Gasteiger partial charge in [-0.15, -0.1) is 0 Å². The third kappa shape index (κ3) is 4.59. The van der Waals surface area contributed by atoms with E-state index >= 15 is 0 Å². The molecule has 1 aliphatic heterocycles. The van der Waals surface area contributed by atoms with Gasteiger partial charge >= 0.3 is 0 Å². The topological polar surface area (TPSA) is 83.3 Å². The van der Waals surface area contributed by atoms with Crippen LogP contribution in [0.3, 0.4) is 0 Å². The fraction of sp³-hybridized carbons (Fsp3) is 0.667. The summed E-state index contributed by atoms with van der Waals surface area (Å²) in [6.45, 7) is 3.95. The first-order valence-electron chi connectivity index (χ1n) is 10.7. The highest BCUT2D eigenvalue weighted by Crippen LogP contribution is 2.29. The Labute approximate surface area is 176 Å². The van der Waals surface area contributed by atoms with Crippen molar-refractivity contribution >= 4 is 28.9 Å².